The summed E-state index contributed by atoms with van der Waals surface area (Å²) in [5.74, 6) is -0.165. The standard InChI is InChI=1S/C32H40ClN3O5/c33-27-12-6-9-24(19-27)22-41-32(40)35-29(20-23-7-2-1-3-8-23)31(39)34-28(21-37)13-14-30(38)36-17-15-25-10-4-5-11-26(25)16-18-36/h4-6,9-12,19,21,23,28-29H,1-3,7-8,13-18,20,22H2,(H,34,39)(H,35,40)/t28-,29-/m0/s1. The van der Waals surface area contributed by atoms with E-state index in [0.717, 1.165) is 44.1 Å². The van der Waals surface area contributed by atoms with Crippen LogP contribution in [0.4, 0.5) is 4.79 Å². The van der Waals surface area contributed by atoms with E-state index in [9.17, 15) is 19.2 Å². The zero-order valence-electron chi connectivity index (χ0n) is 23.5. The number of aldehydes is 1. The Labute approximate surface area is 247 Å². The second kappa shape index (κ2) is 15.6. The molecule has 1 saturated carbocycles. The first kappa shape index (κ1) is 30.6. The van der Waals surface area contributed by atoms with Crippen LogP contribution in [0.25, 0.3) is 0 Å². The zero-order chi connectivity index (χ0) is 29.0. The predicted molar refractivity (Wildman–Crippen MR) is 157 cm³/mol. The lowest BCUT2D eigenvalue weighted by atomic mass is 9.84. The van der Waals surface area contributed by atoms with E-state index in [1.165, 1.54) is 17.5 Å². The molecular formula is C32H40ClN3O5. The van der Waals surface area contributed by atoms with Crippen molar-refractivity contribution in [1.82, 2.24) is 15.5 Å². The van der Waals surface area contributed by atoms with Crippen LogP contribution >= 0.6 is 11.6 Å². The smallest absolute Gasteiger partial charge is 0.408 e. The lowest BCUT2D eigenvalue weighted by Crippen LogP contribution is -2.51. The van der Waals surface area contributed by atoms with Gasteiger partial charge in [0.1, 0.15) is 18.9 Å². The molecule has 8 nitrogen and oxygen atoms in total. The van der Waals surface area contributed by atoms with Gasteiger partial charge in [0.05, 0.1) is 6.04 Å². The average molecular weight is 582 g/mol. The Kier molecular flexibility index (Phi) is 11.6. The number of nitrogens with one attached hydrogen (secondary N) is 2. The van der Waals surface area contributed by atoms with Gasteiger partial charge in [-0.3, -0.25) is 9.59 Å². The Hall–Kier alpha value is -3.39. The topological polar surface area (TPSA) is 105 Å². The van der Waals surface area contributed by atoms with Crippen LogP contribution in [0.2, 0.25) is 5.02 Å². The second-order valence-electron chi connectivity index (χ2n) is 11.1. The molecule has 0 saturated heterocycles. The molecule has 2 aliphatic rings. The molecule has 0 unspecified atom stereocenters. The summed E-state index contributed by atoms with van der Waals surface area (Å²) in [7, 11) is 0. The molecule has 1 aliphatic heterocycles. The summed E-state index contributed by atoms with van der Waals surface area (Å²) in [6.07, 6.45) is 7.74. The van der Waals surface area contributed by atoms with Crippen molar-refractivity contribution in [1.29, 1.82) is 0 Å². The van der Waals surface area contributed by atoms with Gasteiger partial charge in [-0.05, 0) is 60.4 Å². The fraction of sp³-hybridized carbons (Fsp3) is 0.500. The van der Waals surface area contributed by atoms with Gasteiger partial charge in [-0.15, -0.1) is 0 Å². The Morgan fingerprint density at radius 2 is 1.68 bits per heavy atom. The summed E-state index contributed by atoms with van der Waals surface area (Å²) < 4.78 is 5.36. The van der Waals surface area contributed by atoms with Crippen LogP contribution in [0, 0.1) is 5.92 Å². The van der Waals surface area contributed by atoms with E-state index in [2.05, 4.69) is 22.8 Å². The van der Waals surface area contributed by atoms with E-state index in [4.69, 9.17) is 16.3 Å². The summed E-state index contributed by atoms with van der Waals surface area (Å²) in [5, 5.41) is 6.02. The van der Waals surface area contributed by atoms with Crippen molar-refractivity contribution in [3.05, 3.63) is 70.2 Å². The molecule has 0 bridgehead atoms. The molecule has 41 heavy (non-hydrogen) atoms. The number of benzene rings is 2. The fourth-order valence-corrected chi connectivity index (χ4v) is 5.97. The molecule has 4 rings (SSSR count). The van der Waals surface area contributed by atoms with Gasteiger partial charge in [0.2, 0.25) is 11.8 Å². The quantitative estimate of drug-likeness (QED) is 0.364. The minimum absolute atomic E-state index is 0.0187. The molecule has 1 fully saturated rings. The van der Waals surface area contributed by atoms with Crippen molar-refractivity contribution >= 4 is 35.8 Å². The van der Waals surface area contributed by atoms with Crippen molar-refractivity contribution < 1.29 is 23.9 Å². The maximum absolute atomic E-state index is 13.3. The summed E-state index contributed by atoms with van der Waals surface area (Å²) in [6.45, 7) is 1.29. The lowest BCUT2D eigenvalue weighted by molar-refractivity contribution is -0.132. The second-order valence-corrected chi connectivity index (χ2v) is 11.5. The van der Waals surface area contributed by atoms with E-state index in [-0.39, 0.29) is 25.4 Å². The number of halogens is 1. The van der Waals surface area contributed by atoms with Gasteiger partial charge in [0.25, 0.3) is 0 Å². The van der Waals surface area contributed by atoms with Crippen LogP contribution < -0.4 is 10.6 Å². The number of ether oxygens (including phenoxy) is 1. The van der Waals surface area contributed by atoms with Crippen molar-refractivity contribution in [2.45, 2.75) is 82.9 Å². The molecule has 1 heterocycles. The highest BCUT2D eigenvalue weighted by Crippen LogP contribution is 2.27. The SMILES string of the molecule is O=C[C@H](CCC(=O)N1CCc2ccccc2CC1)NC(=O)[C@H](CC1CCCCC1)NC(=O)OCc1cccc(Cl)c1. The van der Waals surface area contributed by atoms with E-state index < -0.39 is 24.1 Å². The Morgan fingerprint density at radius 3 is 2.34 bits per heavy atom. The van der Waals surface area contributed by atoms with E-state index in [1.54, 1.807) is 24.3 Å². The van der Waals surface area contributed by atoms with Crippen LogP contribution in [0.5, 0.6) is 0 Å². The van der Waals surface area contributed by atoms with Crippen LogP contribution in [-0.4, -0.2) is 54.3 Å². The maximum atomic E-state index is 13.3. The number of carbonyl (C=O) groups excluding carboxylic acids is 4. The van der Waals surface area contributed by atoms with Gasteiger partial charge in [-0.2, -0.15) is 0 Å². The molecule has 0 aromatic heterocycles. The molecule has 2 aromatic carbocycles. The van der Waals surface area contributed by atoms with Crippen LogP contribution in [0.15, 0.2) is 48.5 Å². The van der Waals surface area contributed by atoms with E-state index >= 15 is 0 Å². The molecule has 2 aromatic rings. The summed E-state index contributed by atoms with van der Waals surface area (Å²) in [5.41, 5.74) is 3.27. The average Bonchev–Trinajstić information content (AvgIpc) is 3.21. The third-order valence-electron chi connectivity index (χ3n) is 8.10. The first-order valence-corrected chi connectivity index (χ1v) is 15.1. The van der Waals surface area contributed by atoms with Gasteiger partial charge in [-0.1, -0.05) is 80.1 Å². The van der Waals surface area contributed by atoms with Gasteiger partial charge >= 0.3 is 6.09 Å². The molecule has 2 N–H and O–H groups in total. The zero-order valence-corrected chi connectivity index (χ0v) is 24.2. The first-order chi connectivity index (χ1) is 19.9. The van der Waals surface area contributed by atoms with Gasteiger partial charge < -0.3 is 25.1 Å². The highest BCUT2D eigenvalue weighted by Gasteiger charge is 2.28. The van der Waals surface area contributed by atoms with Crippen LogP contribution in [0.1, 0.15) is 68.1 Å². The number of carbonyl (C=O) groups is 4. The van der Waals surface area contributed by atoms with Crippen molar-refractivity contribution in [3.8, 4) is 0 Å². The van der Waals surface area contributed by atoms with Crippen LogP contribution in [0.3, 0.4) is 0 Å². The lowest BCUT2D eigenvalue weighted by Gasteiger charge is -2.27. The van der Waals surface area contributed by atoms with E-state index in [1.807, 2.05) is 17.0 Å². The minimum atomic E-state index is -0.841. The summed E-state index contributed by atoms with van der Waals surface area (Å²) >= 11 is 6.01. The van der Waals surface area contributed by atoms with Crippen molar-refractivity contribution in [2.75, 3.05) is 13.1 Å². The van der Waals surface area contributed by atoms with Crippen LogP contribution in [-0.2, 0) is 38.6 Å². The third-order valence-corrected chi connectivity index (χ3v) is 8.33. The number of fused-ring (bicyclic) bond motifs is 1. The Balaban J connectivity index is 1.30. The number of nitrogens with zero attached hydrogens (tertiary/aromatic N) is 1. The van der Waals surface area contributed by atoms with Gasteiger partial charge in [0.15, 0.2) is 0 Å². The number of amides is 3. The molecule has 1 aliphatic carbocycles. The molecular weight excluding hydrogens is 542 g/mol. The minimum Gasteiger partial charge on any atom is -0.445 e. The molecule has 220 valence electrons. The number of hydrogen-bond acceptors (Lipinski definition) is 5. The molecule has 2 atom stereocenters. The highest BCUT2D eigenvalue weighted by molar-refractivity contribution is 6.30. The highest BCUT2D eigenvalue weighted by atomic mass is 35.5. The van der Waals surface area contributed by atoms with Gasteiger partial charge in [-0.25, -0.2) is 4.79 Å². The number of hydrogen-bond donors (Lipinski definition) is 2. The largest absolute Gasteiger partial charge is 0.445 e. The van der Waals surface area contributed by atoms with Crippen molar-refractivity contribution in [2.24, 2.45) is 5.92 Å². The Bertz CT molecular complexity index is 1170. The number of rotatable bonds is 11. The first-order valence-electron chi connectivity index (χ1n) is 14.7. The maximum Gasteiger partial charge on any atom is 0.408 e. The number of alkyl carbamates (subject to hydrolysis) is 1. The summed E-state index contributed by atoms with van der Waals surface area (Å²) in [4.78, 5) is 52.7. The fourth-order valence-electron chi connectivity index (χ4n) is 5.76. The molecule has 0 spiro atoms. The summed E-state index contributed by atoms with van der Waals surface area (Å²) in [6, 6.07) is 13.6. The van der Waals surface area contributed by atoms with Gasteiger partial charge in [0, 0.05) is 24.5 Å². The van der Waals surface area contributed by atoms with E-state index in [0.29, 0.717) is 36.7 Å². The monoisotopic (exact) mass is 581 g/mol. The third kappa shape index (κ3) is 9.59. The Morgan fingerprint density at radius 1 is 0.976 bits per heavy atom. The predicted octanol–water partition coefficient (Wildman–Crippen LogP) is 5.00. The normalized spacial score (nSPS) is 17.0. The molecule has 9 heteroatoms. The van der Waals surface area contributed by atoms with Crippen molar-refractivity contribution in [3.63, 3.8) is 0 Å². The molecule has 3 amide bonds. The molecule has 0 radical (unpaired) electrons.